The van der Waals surface area contributed by atoms with Crippen molar-refractivity contribution in [1.29, 1.82) is 0 Å². The van der Waals surface area contributed by atoms with Crippen molar-refractivity contribution in [3.63, 3.8) is 0 Å². The lowest BCUT2D eigenvalue weighted by Gasteiger charge is -2.16. The van der Waals surface area contributed by atoms with Gasteiger partial charge in [-0.15, -0.1) is 0 Å². The highest BCUT2D eigenvalue weighted by molar-refractivity contribution is 5.79. The highest BCUT2D eigenvalue weighted by atomic mass is 19.1. The lowest BCUT2D eigenvalue weighted by molar-refractivity contribution is -0.129. The van der Waals surface area contributed by atoms with Gasteiger partial charge in [0.2, 0.25) is 5.91 Å². The summed E-state index contributed by atoms with van der Waals surface area (Å²) in [7, 11) is 0. The Kier molecular flexibility index (Phi) is 4.96. The van der Waals surface area contributed by atoms with Crippen molar-refractivity contribution >= 4 is 5.91 Å². The molecule has 0 bridgehead atoms. The van der Waals surface area contributed by atoms with E-state index in [0.717, 1.165) is 12.0 Å². The van der Waals surface area contributed by atoms with Gasteiger partial charge in [-0.3, -0.25) is 4.79 Å². The number of hydrogen-bond acceptors (Lipinski definition) is 4. The second-order valence-electron chi connectivity index (χ2n) is 6.85. The molecule has 1 atom stereocenters. The molecule has 0 radical (unpaired) electrons. The van der Waals surface area contributed by atoms with Crippen LogP contribution in [0.15, 0.2) is 59.1 Å². The van der Waals surface area contributed by atoms with E-state index in [-0.39, 0.29) is 24.1 Å². The van der Waals surface area contributed by atoms with E-state index >= 15 is 0 Å². The third kappa shape index (κ3) is 4.05. The van der Waals surface area contributed by atoms with Gasteiger partial charge in [-0.2, -0.15) is 4.98 Å². The second-order valence-corrected chi connectivity index (χ2v) is 6.85. The zero-order chi connectivity index (χ0) is 18.6. The lowest BCUT2D eigenvalue weighted by atomic mass is 10.0. The standard InChI is InChI=1S/C21H20FN3O2/c22-18-9-5-4-8-17(18)13-20(26)25-11-10-15(14-25)12-19-23-21(27-24-19)16-6-2-1-3-7-16/h1-9,15H,10-14H2. The minimum Gasteiger partial charge on any atom is -0.342 e. The molecule has 1 aliphatic heterocycles. The molecular formula is C21H20FN3O2. The molecule has 2 heterocycles. The maximum Gasteiger partial charge on any atom is 0.257 e. The summed E-state index contributed by atoms with van der Waals surface area (Å²) in [4.78, 5) is 18.7. The molecule has 3 aromatic rings. The number of carbonyl (C=O) groups is 1. The molecule has 0 spiro atoms. The highest BCUT2D eigenvalue weighted by Gasteiger charge is 2.28. The summed E-state index contributed by atoms with van der Waals surface area (Å²) in [5.74, 6) is 1.08. The molecule has 1 saturated heterocycles. The van der Waals surface area contributed by atoms with Crippen LogP contribution < -0.4 is 0 Å². The largest absolute Gasteiger partial charge is 0.342 e. The van der Waals surface area contributed by atoms with Gasteiger partial charge in [-0.25, -0.2) is 4.39 Å². The van der Waals surface area contributed by atoms with E-state index in [1.54, 1.807) is 23.1 Å². The summed E-state index contributed by atoms with van der Waals surface area (Å²) in [5, 5.41) is 4.07. The molecule has 1 aliphatic rings. The van der Waals surface area contributed by atoms with Crippen molar-refractivity contribution in [2.75, 3.05) is 13.1 Å². The van der Waals surface area contributed by atoms with Crippen molar-refractivity contribution in [1.82, 2.24) is 15.0 Å². The number of likely N-dealkylation sites (tertiary alicyclic amines) is 1. The van der Waals surface area contributed by atoms with E-state index < -0.39 is 0 Å². The number of rotatable bonds is 5. The number of halogens is 1. The molecule has 1 amide bonds. The van der Waals surface area contributed by atoms with Crippen molar-refractivity contribution in [3.8, 4) is 11.5 Å². The van der Waals surface area contributed by atoms with Crippen LogP contribution >= 0.6 is 0 Å². The van der Waals surface area contributed by atoms with E-state index in [4.69, 9.17) is 4.52 Å². The Balaban J connectivity index is 1.34. The molecule has 27 heavy (non-hydrogen) atoms. The molecule has 138 valence electrons. The van der Waals surface area contributed by atoms with E-state index in [1.165, 1.54) is 6.07 Å². The highest BCUT2D eigenvalue weighted by Crippen LogP contribution is 2.23. The average molecular weight is 365 g/mol. The van der Waals surface area contributed by atoms with Gasteiger partial charge in [0.1, 0.15) is 5.82 Å². The van der Waals surface area contributed by atoms with E-state index in [0.29, 0.717) is 36.8 Å². The molecule has 1 fully saturated rings. The summed E-state index contributed by atoms with van der Waals surface area (Å²) in [5.41, 5.74) is 1.33. The van der Waals surface area contributed by atoms with E-state index in [2.05, 4.69) is 10.1 Å². The van der Waals surface area contributed by atoms with Crippen LogP contribution in [0.3, 0.4) is 0 Å². The molecule has 0 aliphatic carbocycles. The fourth-order valence-electron chi connectivity index (χ4n) is 3.44. The first-order valence-corrected chi connectivity index (χ1v) is 9.08. The molecule has 4 rings (SSSR count). The summed E-state index contributed by atoms with van der Waals surface area (Å²) >= 11 is 0. The summed E-state index contributed by atoms with van der Waals surface area (Å²) < 4.78 is 19.1. The monoisotopic (exact) mass is 365 g/mol. The first-order valence-electron chi connectivity index (χ1n) is 9.08. The van der Waals surface area contributed by atoms with Gasteiger partial charge in [0.05, 0.1) is 6.42 Å². The topological polar surface area (TPSA) is 59.2 Å². The van der Waals surface area contributed by atoms with E-state index in [1.807, 2.05) is 30.3 Å². The zero-order valence-electron chi connectivity index (χ0n) is 14.8. The van der Waals surface area contributed by atoms with Gasteiger partial charge >= 0.3 is 0 Å². The Morgan fingerprint density at radius 3 is 2.74 bits per heavy atom. The Hall–Kier alpha value is -3.02. The van der Waals surface area contributed by atoms with Crippen LogP contribution in [0.4, 0.5) is 4.39 Å². The van der Waals surface area contributed by atoms with Crippen molar-refractivity contribution < 1.29 is 13.7 Å². The number of aromatic nitrogens is 2. The maximum absolute atomic E-state index is 13.7. The molecular weight excluding hydrogens is 345 g/mol. The molecule has 5 nitrogen and oxygen atoms in total. The quantitative estimate of drug-likeness (QED) is 0.694. The zero-order valence-corrected chi connectivity index (χ0v) is 14.8. The third-order valence-corrected chi connectivity index (χ3v) is 4.90. The van der Waals surface area contributed by atoms with Crippen LogP contribution in [0, 0.1) is 11.7 Å². The van der Waals surface area contributed by atoms with Crippen molar-refractivity contribution in [3.05, 3.63) is 71.8 Å². The van der Waals surface area contributed by atoms with Gasteiger partial charge in [-0.05, 0) is 36.1 Å². The minimum atomic E-state index is -0.332. The Morgan fingerprint density at radius 1 is 1.15 bits per heavy atom. The summed E-state index contributed by atoms with van der Waals surface area (Å²) in [6.07, 6.45) is 1.65. The first-order chi connectivity index (χ1) is 13.2. The van der Waals surface area contributed by atoms with Crippen molar-refractivity contribution in [2.24, 2.45) is 5.92 Å². The molecule has 0 saturated carbocycles. The third-order valence-electron chi connectivity index (χ3n) is 4.90. The van der Waals surface area contributed by atoms with Crippen molar-refractivity contribution in [2.45, 2.75) is 19.3 Å². The number of benzene rings is 2. The van der Waals surface area contributed by atoms with Crippen LogP contribution in [-0.2, 0) is 17.6 Å². The van der Waals surface area contributed by atoms with Crippen LogP contribution in [0.1, 0.15) is 17.8 Å². The van der Waals surface area contributed by atoms with Crippen LogP contribution in [0.25, 0.3) is 11.5 Å². The Morgan fingerprint density at radius 2 is 1.93 bits per heavy atom. The molecule has 0 N–H and O–H groups in total. The number of carbonyl (C=O) groups excluding carboxylic acids is 1. The minimum absolute atomic E-state index is 0.0410. The van der Waals surface area contributed by atoms with Crippen LogP contribution in [-0.4, -0.2) is 34.0 Å². The number of nitrogens with zero attached hydrogens (tertiary/aromatic N) is 3. The predicted molar refractivity (Wildman–Crippen MR) is 98.2 cm³/mol. The fourth-order valence-corrected chi connectivity index (χ4v) is 3.44. The van der Waals surface area contributed by atoms with Crippen LogP contribution in [0.2, 0.25) is 0 Å². The molecule has 2 aromatic carbocycles. The smallest absolute Gasteiger partial charge is 0.257 e. The predicted octanol–water partition coefficient (Wildman–Crippen LogP) is 3.51. The van der Waals surface area contributed by atoms with Gasteiger partial charge < -0.3 is 9.42 Å². The Labute approximate surface area is 156 Å². The Bertz CT molecular complexity index is 926. The fraction of sp³-hybridized carbons (Fsp3) is 0.286. The van der Waals surface area contributed by atoms with Crippen LogP contribution in [0.5, 0.6) is 0 Å². The maximum atomic E-state index is 13.7. The van der Waals surface area contributed by atoms with Gasteiger partial charge in [-0.1, -0.05) is 41.6 Å². The first kappa shape index (κ1) is 17.4. The van der Waals surface area contributed by atoms with Gasteiger partial charge in [0.25, 0.3) is 5.89 Å². The van der Waals surface area contributed by atoms with Gasteiger partial charge in [0.15, 0.2) is 5.82 Å². The summed E-state index contributed by atoms with van der Waals surface area (Å²) in [6, 6.07) is 16.1. The number of hydrogen-bond donors (Lipinski definition) is 0. The molecule has 1 unspecified atom stereocenters. The van der Waals surface area contributed by atoms with E-state index in [9.17, 15) is 9.18 Å². The van der Waals surface area contributed by atoms with Gasteiger partial charge in [0, 0.05) is 25.1 Å². The SMILES string of the molecule is O=C(Cc1ccccc1F)N1CCC(Cc2noc(-c3ccccc3)n2)C1. The molecule has 6 heteroatoms. The number of amides is 1. The average Bonchev–Trinajstić information content (AvgIpc) is 3.34. The molecule has 1 aromatic heterocycles. The second kappa shape index (κ2) is 7.70. The lowest BCUT2D eigenvalue weighted by Crippen LogP contribution is -2.30. The normalized spacial score (nSPS) is 16.6. The summed E-state index contributed by atoms with van der Waals surface area (Å²) in [6.45, 7) is 1.32.